The Morgan fingerprint density at radius 2 is 2.23 bits per heavy atom. The first-order valence-electron chi connectivity index (χ1n) is 3.91. The van der Waals surface area contributed by atoms with Gasteiger partial charge in [0.2, 0.25) is 5.88 Å². The largest absolute Gasteiger partial charge is 0.417 e. The minimum Gasteiger partial charge on any atom is -0.417 e. The van der Waals surface area contributed by atoms with Crippen LogP contribution in [0.25, 0.3) is 0 Å². The second-order valence-corrected chi connectivity index (χ2v) is 2.32. The Balaban J connectivity index is 4.44. The van der Waals surface area contributed by atoms with Gasteiger partial charge in [0.1, 0.15) is 0 Å². The fourth-order valence-electron chi connectivity index (χ4n) is 0.562. The van der Waals surface area contributed by atoms with Gasteiger partial charge in [0.05, 0.1) is 0 Å². The van der Waals surface area contributed by atoms with Gasteiger partial charge in [0.15, 0.2) is 0 Å². The summed E-state index contributed by atoms with van der Waals surface area (Å²) in [6.45, 7) is 4.15. The van der Waals surface area contributed by atoms with E-state index in [4.69, 9.17) is 0 Å². The molecule has 0 saturated heterocycles. The van der Waals surface area contributed by atoms with Crippen molar-refractivity contribution in [3.05, 3.63) is 24.6 Å². The smallest absolute Gasteiger partial charge is 0.388 e. The molecule has 0 aromatic rings. The first-order valence-corrected chi connectivity index (χ1v) is 3.91. The fourth-order valence-corrected chi connectivity index (χ4v) is 0.562. The van der Waals surface area contributed by atoms with Crippen molar-refractivity contribution in [1.29, 1.82) is 0 Å². The number of hydrogen-bond donors (Lipinski definition) is 0. The zero-order valence-corrected chi connectivity index (χ0v) is 7.76. The second-order valence-electron chi connectivity index (χ2n) is 2.32. The van der Waals surface area contributed by atoms with Gasteiger partial charge in [-0.05, 0) is 19.4 Å². The standard InChI is InChI=1S/C9H13F2NO/c1-4-6-8(13-9(10)11)12-7(3)5-2/h4,6,9H,1,5H2,2-3H3/b8-6+,12-7-. The topological polar surface area (TPSA) is 21.6 Å². The molecule has 0 spiro atoms. The summed E-state index contributed by atoms with van der Waals surface area (Å²) < 4.78 is 27.7. The number of aliphatic imine (C=N–C) groups is 1. The van der Waals surface area contributed by atoms with E-state index in [1.165, 1.54) is 12.2 Å². The molecular formula is C9H13F2NO. The van der Waals surface area contributed by atoms with Gasteiger partial charge in [-0.25, -0.2) is 4.99 Å². The number of ether oxygens (including phenoxy) is 1. The summed E-state index contributed by atoms with van der Waals surface area (Å²) in [5, 5.41) is 0. The predicted molar refractivity (Wildman–Crippen MR) is 48.8 cm³/mol. The molecule has 0 aromatic carbocycles. The molecule has 0 aromatic heterocycles. The van der Waals surface area contributed by atoms with E-state index >= 15 is 0 Å². The van der Waals surface area contributed by atoms with Crippen LogP contribution in [0.2, 0.25) is 0 Å². The molecule has 0 aliphatic carbocycles. The SMILES string of the molecule is C=C/C=C(\N=C(\C)CC)OC(F)F. The zero-order valence-electron chi connectivity index (χ0n) is 7.76. The molecule has 4 heteroatoms. The minimum absolute atomic E-state index is 0.107. The molecule has 0 aliphatic rings. The molecule has 0 N–H and O–H groups in total. The van der Waals surface area contributed by atoms with Crippen LogP contribution in [0, 0.1) is 0 Å². The predicted octanol–water partition coefficient (Wildman–Crippen LogP) is 3.12. The molecule has 0 radical (unpaired) electrons. The third kappa shape index (κ3) is 6.02. The quantitative estimate of drug-likeness (QED) is 0.370. The summed E-state index contributed by atoms with van der Waals surface area (Å²) in [4.78, 5) is 3.83. The van der Waals surface area contributed by atoms with E-state index in [0.717, 1.165) is 5.71 Å². The summed E-state index contributed by atoms with van der Waals surface area (Å²) in [6.07, 6.45) is 3.34. The molecule has 0 atom stereocenters. The molecule has 0 fully saturated rings. The Kier molecular flexibility index (Phi) is 5.76. The Morgan fingerprint density at radius 3 is 2.62 bits per heavy atom. The van der Waals surface area contributed by atoms with E-state index in [1.54, 1.807) is 6.92 Å². The van der Waals surface area contributed by atoms with Gasteiger partial charge < -0.3 is 4.74 Å². The lowest BCUT2D eigenvalue weighted by molar-refractivity contribution is -0.0964. The van der Waals surface area contributed by atoms with Gasteiger partial charge in [-0.3, -0.25) is 0 Å². The minimum atomic E-state index is -2.85. The van der Waals surface area contributed by atoms with Gasteiger partial charge in [0, 0.05) is 5.71 Å². The molecule has 0 bridgehead atoms. The van der Waals surface area contributed by atoms with Crippen molar-refractivity contribution in [3.8, 4) is 0 Å². The van der Waals surface area contributed by atoms with Crippen LogP contribution in [0.3, 0.4) is 0 Å². The summed E-state index contributed by atoms with van der Waals surface area (Å²) in [5.41, 5.74) is 0.730. The third-order valence-electron chi connectivity index (χ3n) is 1.28. The van der Waals surface area contributed by atoms with Gasteiger partial charge in [-0.15, -0.1) is 0 Å². The Hall–Kier alpha value is -1.19. The van der Waals surface area contributed by atoms with Gasteiger partial charge in [-0.2, -0.15) is 8.78 Å². The molecule has 0 unspecified atom stereocenters. The molecule has 0 rings (SSSR count). The van der Waals surface area contributed by atoms with Crippen LogP contribution in [0.15, 0.2) is 29.6 Å². The van der Waals surface area contributed by atoms with E-state index in [2.05, 4.69) is 16.3 Å². The number of alkyl halides is 2. The normalized spacial score (nSPS) is 13.3. The fraction of sp³-hybridized carbons (Fsp3) is 0.444. The molecule has 0 amide bonds. The summed E-state index contributed by atoms with van der Waals surface area (Å²) in [7, 11) is 0. The highest BCUT2D eigenvalue weighted by Crippen LogP contribution is 2.08. The van der Waals surface area contributed by atoms with E-state index in [9.17, 15) is 8.78 Å². The second kappa shape index (κ2) is 6.34. The van der Waals surface area contributed by atoms with Crippen molar-refractivity contribution >= 4 is 5.71 Å². The van der Waals surface area contributed by atoms with E-state index in [0.29, 0.717) is 6.42 Å². The monoisotopic (exact) mass is 189 g/mol. The first-order chi connectivity index (χ1) is 6.10. The highest BCUT2D eigenvalue weighted by atomic mass is 19.3. The highest BCUT2D eigenvalue weighted by Gasteiger charge is 2.04. The lowest BCUT2D eigenvalue weighted by Crippen LogP contribution is -1.99. The van der Waals surface area contributed by atoms with Crippen LogP contribution in [0.4, 0.5) is 8.78 Å². The third-order valence-corrected chi connectivity index (χ3v) is 1.28. The van der Waals surface area contributed by atoms with Crippen molar-refractivity contribution in [2.45, 2.75) is 26.9 Å². The maximum absolute atomic E-state index is 11.8. The highest BCUT2D eigenvalue weighted by molar-refractivity contribution is 5.82. The molecule has 0 heterocycles. The molecule has 2 nitrogen and oxygen atoms in total. The van der Waals surface area contributed by atoms with Crippen LogP contribution in [-0.4, -0.2) is 12.3 Å². The molecule has 74 valence electrons. The number of nitrogens with zero attached hydrogens (tertiary/aromatic N) is 1. The average Bonchev–Trinajstić information content (AvgIpc) is 2.03. The maximum atomic E-state index is 11.8. The van der Waals surface area contributed by atoms with Crippen LogP contribution in [0.5, 0.6) is 0 Å². The lowest BCUT2D eigenvalue weighted by Gasteiger charge is -2.04. The van der Waals surface area contributed by atoms with Crippen molar-refractivity contribution < 1.29 is 13.5 Å². The first kappa shape index (κ1) is 11.8. The van der Waals surface area contributed by atoms with Gasteiger partial charge in [-0.1, -0.05) is 19.6 Å². The Bertz CT molecular complexity index is 222. The van der Waals surface area contributed by atoms with Crippen molar-refractivity contribution in [2.24, 2.45) is 4.99 Å². The maximum Gasteiger partial charge on any atom is 0.388 e. The molecule has 13 heavy (non-hydrogen) atoms. The summed E-state index contributed by atoms with van der Waals surface area (Å²) in [5.74, 6) is -0.107. The number of rotatable bonds is 5. The van der Waals surface area contributed by atoms with E-state index in [1.807, 2.05) is 6.92 Å². The molecule has 0 saturated carbocycles. The van der Waals surface area contributed by atoms with Crippen LogP contribution in [0.1, 0.15) is 20.3 Å². The van der Waals surface area contributed by atoms with Crippen molar-refractivity contribution in [3.63, 3.8) is 0 Å². The molecular weight excluding hydrogens is 176 g/mol. The van der Waals surface area contributed by atoms with E-state index < -0.39 is 6.61 Å². The number of allylic oxidation sites excluding steroid dienone is 2. The van der Waals surface area contributed by atoms with Crippen LogP contribution < -0.4 is 0 Å². The van der Waals surface area contributed by atoms with Gasteiger partial charge in [0.25, 0.3) is 0 Å². The van der Waals surface area contributed by atoms with Gasteiger partial charge >= 0.3 is 6.61 Å². The lowest BCUT2D eigenvalue weighted by atomic mass is 10.3. The summed E-state index contributed by atoms with van der Waals surface area (Å²) in [6, 6.07) is 0. The summed E-state index contributed by atoms with van der Waals surface area (Å²) >= 11 is 0. The van der Waals surface area contributed by atoms with Crippen molar-refractivity contribution in [2.75, 3.05) is 0 Å². The van der Waals surface area contributed by atoms with Crippen LogP contribution in [-0.2, 0) is 4.74 Å². The average molecular weight is 189 g/mol. The zero-order chi connectivity index (χ0) is 10.3. The number of halogens is 2. The van der Waals surface area contributed by atoms with E-state index in [-0.39, 0.29) is 5.88 Å². The molecule has 0 aliphatic heterocycles. The Labute approximate surface area is 76.6 Å². The Morgan fingerprint density at radius 1 is 1.62 bits per heavy atom. The van der Waals surface area contributed by atoms with Crippen molar-refractivity contribution in [1.82, 2.24) is 0 Å². The van der Waals surface area contributed by atoms with Crippen LogP contribution >= 0.6 is 0 Å². The number of hydrogen-bond acceptors (Lipinski definition) is 2.